The molecule has 25 heavy (non-hydrogen) atoms. The molecule has 2 heterocycles. The van der Waals surface area contributed by atoms with Gasteiger partial charge in [0.05, 0.1) is 13.1 Å². The van der Waals surface area contributed by atoms with E-state index in [0.29, 0.717) is 25.1 Å². The second-order valence-corrected chi connectivity index (χ2v) is 7.38. The molecule has 0 aliphatic rings. The highest BCUT2D eigenvalue weighted by Crippen LogP contribution is 2.20. The van der Waals surface area contributed by atoms with E-state index in [-0.39, 0.29) is 11.5 Å². The number of nitrogens with zero attached hydrogens (tertiary/aromatic N) is 1. The van der Waals surface area contributed by atoms with E-state index in [1.807, 2.05) is 50.4 Å². The molecule has 0 spiro atoms. The molecule has 0 bridgehead atoms. The Morgan fingerprint density at radius 3 is 2.68 bits per heavy atom. The van der Waals surface area contributed by atoms with Crippen molar-refractivity contribution in [1.82, 2.24) is 9.88 Å². The highest BCUT2D eigenvalue weighted by molar-refractivity contribution is 7.09. The predicted octanol–water partition coefficient (Wildman–Crippen LogP) is 4.15. The molecule has 4 nitrogen and oxygen atoms in total. The first kappa shape index (κ1) is 17.4. The number of nitrogens with one attached hydrogen (secondary N) is 1. The molecule has 0 atom stereocenters. The minimum Gasteiger partial charge on any atom is -0.333 e. The lowest BCUT2D eigenvalue weighted by atomic mass is 10.0. The number of thiophene rings is 1. The number of aromatic amines is 1. The number of carbonyl (C=O) groups excluding carboxylic acids is 1. The van der Waals surface area contributed by atoms with Crippen LogP contribution in [0.3, 0.4) is 0 Å². The van der Waals surface area contributed by atoms with Gasteiger partial charge in [-0.2, -0.15) is 0 Å². The number of aromatic nitrogens is 1. The first-order chi connectivity index (χ1) is 12.0. The monoisotopic (exact) mass is 354 g/mol. The maximum absolute atomic E-state index is 12.5. The lowest BCUT2D eigenvalue weighted by Crippen LogP contribution is -2.31. The Hall–Kier alpha value is -2.40. The van der Waals surface area contributed by atoms with Gasteiger partial charge in [0.2, 0.25) is 5.91 Å². The highest BCUT2D eigenvalue weighted by Gasteiger charge is 2.16. The van der Waals surface area contributed by atoms with Gasteiger partial charge >= 0.3 is 0 Å². The Kier molecular flexibility index (Phi) is 5.04. The molecule has 0 aliphatic carbocycles. The van der Waals surface area contributed by atoms with Crippen molar-refractivity contribution >= 4 is 28.1 Å². The minimum absolute atomic E-state index is 0.0496. The summed E-state index contributed by atoms with van der Waals surface area (Å²) in [6, 6.07) is 9.99. The van der Waals surface area contributed by atoms with Crippen molar-refractivity contribution < 1.29 is 4.79 Å². The third-order valence-corrected chi connectivity index (χ3v) is 5.19. The molecule has 2 aromatic heterocycles. The lowest BCUT2D eigenvalue weighted by Gasteiger charge is -2.21. The zero-order chi connectivity index (χ0) is 18.0. The number of aryl methyl sites for hydroxylation is 2. The van der Waals surface area contributed by atoms with Crippen LogP contribution in [0.25, 0.3) is 10.9 Å². The summed E-state index contributed by atoms with van der Waals surface area (Å²) in [5.74, 6) is 0.0496. The van der Waals surface area contributed by atoms with Crippen LogP contribution in [0.1, 0.15) is 34.9 Å². The van der Waals surface area contributed by atoms with Gasteiger partial charge in [0.15, 0.2) is 0 Å². The number of pyridine rings is 1. The fourth-order valence-corrected chi connectivity index (χ4v) is 3.81. The molecule has 0 fully saturated rings. The van der Waals surface area contributed by atoms with Crippen molar-refractivity contribution in [2.75, 3.05) is 0 Å². The predicted molar refractivity (Wildman–Crippen MR) is 103 cm³/mol. The number of amides is 1. The fourth-order valence-electron chi connectivity index (χ4n) is 3.09. The van der Waals surface area contributed by atoms with E-state index < -0.39 is 0 Å². The summed E-state index contributed by atoms with van der Waals surface area (Å²) in [7, 11) is 0. The summed E-state index contributed by atoms with van der Waals surface area (Å²) in [6.07, 6.45) is 0.426. The Bertz CT molecular complexity index is 958. The number of carbonyl (C=O) groups is 1. The van der Waals surface area contributed by atoms with Crippen LogP contribution in [0, 0.1) is 13.8 Å². The Morgan fingerprint density at radius 1 is 1.20 bits per heavy atom. The molecule has 3 rings (SSSR count). The molecule has 130 valence electrons. The topological polar surface area (TPSA) is 53.2 Å². The molecular formula is C20H22N2O2S. The molecule has 0 saturated heterocycles. The normalized spacial score (nSPS) is 11.0. The van der Waals surface area contributed by atoms with E-state index in [2.05, 4.69) is 11.1 Å². The standard InChI is InChI=1S/C20H22N2O2S/c1-4-19(23)22(12-16-6-5-7-25-16)11-15-10-17-14(3)8-13(2)9-18(17)21-20(15)24/h5-10H,4,11-12H2,1-3H3,(H,21,24). The van der Waals surface area contributed by atoms with Crippen molar-refractivity contribution in [2.24, 2.45) is 0 Å². The van der Waals surface area contributed by atoms with Gasteiger partial charge in [-0.25, -0.2) is 0 Å². The third-order valence-electron chi connectivity index (χ3n) is 4.33. The van der Waals surface area contributed by atoms with Crippen molar-refractivity contribution in [1.29, 1.82) is 0 Å². The maximum atomic E-state index is 12.5. The van der Waals surface area contributed by atoms with E-state index >= 15 is 0 Å². The van der Waals surface area contributed by atoms with Gasteiger partial charge in [-0.15, -0.1) is 11.3 Å². The molecule has 1 amide bonds. The first-order valence-electron chi connectivity index (χ1n) is 8.41. The molecule has 0 radical (unpaired) electrons. The average Bonchev–Trinajstić information content (AvgIpc) is 3.07. The molecule has 0 unspecified atom stereocenters. The number of benzene rings is 1. The van der Waals surface area contributed by atoms with Crippen molar-refractivity contribution in [3.05, 3.63) is 67.6 Å². The summed E-state index contributed by atoms with van der Waals surface area (Å²) in [5.41, 5.74) is 3.58. The van der Waals surface area contributed by atoms with Crippen LogP contribution in [0.5, 0.6) is 0 Å². The van der Waals surface area contributed by atoms with Gasteiger partial charge in [0.25, 0.3) is 5.56 Å². The summed E-state index contributed by atoms with van der Waals surface area (Å²) >= 11 is 1.62. The smallest absolute Gasteiger partial charge is 0.253 e. The van der Waals surface area contributed by atoms with E-state index in [1.165, 1.54) is 0 Å². The minimum atomic E-state index is -0.127. The van der Waals surface area contributed by atoms with Gasteiger partial charge < -0.3 is 9.88 Å². The van der Waals surface area contributed by atoms with Crippen LogP contribution in [0.4, 0.5) is 0 Å². The van der Waals surface area contributed by atoms with Gasteiger partial charge in [-0.3, -0.25) is 9.59 Å². The van der Waals surface area contributed by atoms with Crippen molar-refractivity contribution in [2.45, 2.75) is 40.3 Å². The largest absolute Gasteiger partial charge is 0.333 e. The summed E-state index contributed by atoms with van der Waals surface area (Å²) in [6.45, 7) is 6.76. The zero-order valence-electron chi connectivity index (χ0n) is 14.8. The molecule has 1 N–H and O–H groups in total. The van der Waals surface area contributed by atoms with Crippen LogP contribution in [0.2, 0.25) is 0 Å². The van der Waals surface area contributed by atoms with Gasteiger partial charge in [-0.05, 0) is 48.6 Å². The lowest BCUT2D eigenvalue weighted by molar-refractivity contribution is -0.132. The van der Waals surface area contributed by atoms with Gasteiger partial charge in [-0.1, -0.05) is 19.1 Å². The molecule has 1 aromatic carbocycles. The van der Waals surface area contributed by atoms with Crippen LogP contribution in [-0.2, 0) is 17.9 Å². The van der Waals surface area contributed by atoms with E-state index in [1.54, 1.807) is 16.2 Å². The molecule has 3 aromatic rings. The Morgan fingerprint density at radius 2 is 2.00 bits per heavy atom. The summed E-state index contributed by atoms with van der Waals surface area (Å²) in [4.78, 5) is 30.7. The SMILES string of the molecule is CCC(=O)N(Cc1cccs1)Cc1cc2c(C)cc(C)cc2[nH]c1=O. The van der Waals surface area contributed by atoms with Crippen LogP contribution >= 0.6 is 11.3 Å². The molecule has 0 saturated carbocycles. The fraction of sp³-hybridized carbons (Fsp3) is 0.300. The number of hydrogen-bond acceptors (Lipinski definition) is 3. The van der Waals surface area contributed by atoms with Crippen LogP contribution in [0.15, 0.2) is 40.5 Å². The zero-order valence-corrected chi connectivity index (χ0v) is 15.6. The molecule has 0 aliphatic heterocycles. The number of H-pyrrole nitrogens is 1. The van der Waals surface area contributed by atoms with Gasteiger partial charge in [0, 0.05) is 27.8 Å². The second kappa shape index (κ2) is 7.23. The molecule has 5 heteroatoms. The van der Waals surface area contributed by atoms with Gasteiger partial charge in [0.1, 0.15) is 0 Å². The quantitative estimate of drug-likeness (QED) is 0.748. The second-order valence-electron chi connectivity index (χ2n) is 6.35. The maximum Gasteiger partial charge on any atom is 0.253 e. The van der Waals surface area contributed by atoms with E-state index in [0.717, 1.165) is 26.9 Å². The highest BCUT2D eigenvalue weighted by atomic mass is 32.1. The van der Waals surface area contributed by atoms with Crippen molar-refractivity contribution in [3.63, 3.8) is 0 Å². The van der Waals surface area contributed by atoms with Crippen LogP contribution in [-0.4, -0.2) is 15.8 Å². The number of fused-ring (bicyclic) bond motifs is 1. The molecular weight excluding hydrogens is 332 g/mol. The number of hydrogen-bond donors (Lipinski definition) is 1. The summed E-state index contributed by atoms with van der Waals surface area (Å²) in [5, 5.41) is 3.03. The average molecular weight is 354 g/mol. The van der Waals surface area contributed by atoms with E-state index in [4.69, 9.17) is 0 Å². The third kappa shape index (κ3) is 3.82. The first-order valence-corrected chi connectivity index (χ1v) is 9.29. The van der Waals surface area contributed by atoms with E-state index in [9.17, 15) is 9.59 Å². The van der Waals surface area contributed by atoms with Crippen LogP contribution < -0.4 is 5.56 Å². The Balaban J connectivity index is 1.97. The summed E-state index contributed by atoms with van der Waals surface area (Å²) < 4.78 is 0. The van der Waals surface area contributed by atoms with Crippen molar-refractivity contribution in [3.8, 4) is 0 Å². The number of rotatable bonds is 5. The Labute approximate surface area is 151 Å².